The summed E-state index contributed by atoms with van der Waals surface area (Å²) in [5.74, 6) is 8.81. The molecule has 11 heteroatoms. The van der Waals surface area contributed by atoms with Crippen molar-refractivity contribution < 1.29 is 23.0 Å². The predicted octanol–water partition coefficient (Wildman–Crippen LogP) is -0.722. The van der Waals surface area contributed by atoms with Gasteiger partial charge in [-0.3, -0.25) is 10.2 Å². The average molecular weight is 402 g/mol. The molecule has 0 aliphatic rings. The predicted molar refractivity (Wildman–Crippen MR) is 94.9 cm³/mol. The van der Waals surface area contributed by atoms with Gasteiger partial charge in [-0.1, -0.05) is 22.0 Å². The Morgan fingerprint density at radius 3 is 2.08 bits per heavy atom. The lowest BCUT2D eigenvalue weighted by Gasteiger charge is -2.14. The van der Waals surface area contributed by atoms with Crippen LogP contribution in [0.15, 0.2) is 29.2 Å². The number of nitrogens with zero attached hydrogens (tertiary/aromatic N) is 1. The first-order chi connectivity index (χ1) is 11.9. The summed E-state index contributed by atoms with van der Waals surface area (Å²) in [4.78, 5) is 10.6. The van der Waals surface area contributed by atoms with Crippen LogP contribution in [-0.4, -0.2) is 14.3 Å². The SMILES string of the molecule is Cc1cc(C)[n+](N)c(C)c1.NNC(=O)c1cc(S(N)(=O)=O)c(Cl)cc1[O-]. The Morgan fingerprint density at radius 1 is 1.15 bits per heavy atom. The summed E-state index contributed by atoms with van der Waals surface area (Å²) in [5, 5.41) is 15.8. The van der Waals surface area contributed by atoms with Gasteiger partial charge in [0.15, 0.2) is 0 Å². The minimum atomic E-state index is -4.11. The van der Waals surface area contributed by atoms with Gasteiger partial charge in [0.25, 0.3) is 5.91 Å². The second-order valence-corrected chi connectivity index (χ2v) is 7.42. The molecule has 0 saturated carbocycles. The first-order valence-corrected chi connectivity index (χ1v) is 9.10. The highest BCUT2D eigenvalue weighted by Crippen LogP contribution is 2.27. The maximum Gasteiger partial charge on any atom is 0.264 e. The molecule has 0 saturated heterocycles. The maximum atomic E-state index is 11.3. The molecule has 9 nitrogen and oxygen atoms in total. The van der Waals surface area contributed by atoms with Crippen molar-refractivity contribution in [1.29, 1.82) is 0 Å². The fraction of sp³-hybridized carbons (Fsp3) is 0.200. The molecule has 26 heavy (non-hydrogen) atoms. The Labute approximate surface area is 156 Å². The van der Waals surface area contributed by atoms with E-state index < -0.39 is 32.1 Å². The number of rotatable bonds is 2. The minimum Gasteiger partial charge on any atom is -0.872 e. The highest BCUT2D eigenvalue weighted by atomic mass is 35.5. The molecule has 1 aromatic heterocycles. The zero-order valence-electron chi connectivity index (χ0n) is 14.4. The van der Waals surface area contributed by atoms with E-state index in [9.17, 15) is 18.3 Å². The van der Waals surface area contributed by atoms with E-state index in [0.29, 0.717) is 0 Å². The molecule has 1 heterocycles. The zero-order chi connectivity index (χ0) is 20.2. The third kappa shape index (κ3) is 5.30. The van der Waals surface area contributed by atoms with Crippen LogP contribution in [0.25, 0.3) is 0 Å². The maximum absolute atomic E-state index is 11.3. The van der Waals surface area contributed by atoms with Crippen LogP contribution >= 0.6 is 11.6 Å². The number of nitrogens with two attached hydrogens (primary N) is 3. The van der Waals surface area contributed by atoms with Gasteiger partial charge in [-0.05, 0) is 24.6 Å². The van der Waals surface area contributed by atoms with Gasteiger partial charge >= 0.3 is 0 Å². The van der Waals surface area contributed by atoms with Gasteiger partial charge in [-0.2, -0.15) is 0 Å². The lowest BCUT2D eigenvalue weighted by atomic mass is 10.2. The summed E-state index contributed by atoms with van der Waals surface area (Å²) < 4.78 is 23.8. The number of aryl methyl sites for hydroxylation is 3. The van der Waals surface area contributed by atoms with Crippen LogP contribution in [0.3, 0.4) is 0 Å². The van der Waals surface area contributed by atoms with Crippen LogP contribution in [0.5, 0.6) is 5.75 Å². The molecule has 1 aromatic carbocycles. The van der Waals surface area contributed by atoms with Crippen molar-refractivity contribution >= 4 is 27.5 Å². The van der Waals surface area contributed by atoms with E-state index in [1.54, 1.807) is 10.1 Å². The Balaban J connectivity index is 0.000000289. The molecule has 7 N–H and O–H groups in total. The molecule has 0 atom stereocenters. The third-order valence-electron chi connectivity index (χ3n) is 3.35. The number of hydrazine groups is 1. The molecule has 1 amide bonds. The fourth-order valence-electron chi connectivity index (χ4n) is 2.13. The highest BCUT2D eigenvalue weighted by molar-refractivity contribution is 7.89. The third-order valence-corrected chi connectivity index (χ3v) is 4.73. The standard InChI is InChI=1S/C8H13N2.C7H8ClN3O4S/c1-6-4-7(2)10(9)8(3)5-6;8-4-2-5(12)3(7(13)11-9)1-6(4)16(10,14)15/h4-5H,9H2,1-3H3;1-2,12H,9H2,(H,11,13)(H2,10,14,15)/q+1;/p-1. The number of carbonyl (C=O) groups excluding carboxylic acids is 1. The number of benzene rings is 1. The number of aromatic nitrogens is 1. The van der Waals surface area contributed by atoms with Crippen molar-refractivity contribution in [2.45, 2.75) is 25.7 Å². The minimum absolute atomic E-state index is 0.346. The zero-order valence-corrected chi connectivity index (χ0v) is 16.0. The molecule has 0 fully saturated rings. The van der Waals surface area contributed by atoms with Crippen LogP contribution in [0.2, 0.25) is 5.02 Å². The van der Waals surface area contributed by atoms with Crippen LogP contribution < -0.4 is 32.0 Å². The normalized spacial score (nSPS) is 10.7. The second-order valence-electron chi connectivity index (χ2n) is 5.48. The molecule has 0 spiro atoms. The number of pyridine rings is 1. The summed E-state index contributed by atoms with van der Waals surface area (Å²) >= 11 is 5.51. The number of amides is 1. The van der Waals surface area contributed by atoms with E-state index in [2.05, 4.69) is 19.1 Å². The fourth-order valence-corrected chi connectivity index (χ4v) is 3.22. The van der Waals surface area contributed by atoms with Crippen molar-refractivity contribution in [1.82, 2.24) is 5.43 Å². The Morgan fingerprint density at radius 2 is 1.65 bits per heavy atom. The van der Waals surface area contributed by atoms with E-state index in [-0.39, 0.29) is 5.02 Å². The molecule has 2 rings (SSSR count). The Kier molecular flexibility index (Phi) is 6.93. The van der Waals surface area contributed by atoms with Gasteiger partial charge in [0, 0.05) is 31.5 Å². The Bertz CT molecular complexity index is 924. The van der Waals surface area contributed by atoms with Gasteiger partial charge < -0.3 is 5.11 Å². The Hall–Kier alpha value is -2.40. The van der Waals surface area contributed by atoms with Crippen molar-refractivity contribution in [3.05, 3.63) is 51.8 Å². The van der Waals surface area contributed by atoms with Crippen LogP contribution in [0.1, 0.15) is 27.3 Å². The molecule has 0 radical (unpaired) electrons. The van der Waals surface area contributed by atoms with Gasteiger partial charge in [0.2, 0.25) is 21.4 Å². The van der Waals surface area contributed by atoms with Gasteiger partial charge in [0.05, 0.1) is 5.02 Å². The van der Waals surface area contributed by atoms with Crippen LogP contribution in [0, 0.1) is 20.8 Å². The van der Waals surface area contributed by atoms with E-state index in [4.69, 9.17) is 28.4 Å². The highest BCUT2D eigenvalue weighted by Gasteiger charge is 2.16. The molecular weight excluding hydrogens is 382 g/mol. The number of nitrogens with one attached hydrogen (secondary N) is 1. The summed E-state index contributed by atoms with van der Waals surface area (Å²) in [5.41, 5.74) is 4.70. The quantitative estimate of drug-likeness (QED) is 0.224. The summed E-state index contributed by atoms with van der Waals surface area (Å²) in [6.07, 6.45) is 0. The lowest BCUT2D eigenvalue weighted by molar-refractivity contribution is -0.651. The monoisotopic (exact) mass is 401 g/mol. The average Bonchev–Trinajstić information content (AvgIpc) is 2.51. The molecule has 0 bridgehead atoms. The molecule has 2 aromatic rings. The van der Waals surface area contributed by atoms with Crippen molar-refractivity contribution in [3.8, 4) is 5.75 Å². The van der Waals surface area contributed by atoms with Crippen LogP contribution in [0.4, 0.5) is 0 Å². The molecule has 0 unspecified atom stereocenters. The topological polar surface area (TPSA) is 168 Å². The first-order valence-electron chi connectivity index (χ1n) is 7.17. The van der Waals surface area contributed by atoms with E-state index in [1.165, 1.54) is 5.56 Å². The molecule has 142 valence electrons. The van der Waals surface area contributed by atoms with Gasteiger partial charge in [-0.15, -0.1) is 0 Å². The smallest absolute Gasteiger partial charge is 0.264 e. The van der Waals surface area contributed by atoms with Crippen molar-refractivity contribution in [2.24, 2.45) is 11.0 Å². The number of carbonyl (C=O) groups is 1. The molecule has 0 aliphatic carbocycles. The largest absolute Gasteiger partial charge is 0.872 e. The van der Waals surface area contributed by atoms with E-state index in [0.717, 1.165) is 23.5 Å². The lowest BCUT2D eigenvalue weighted by Crippen LogP contribution is -2.49. The summed E-state index contributed by atoms with van der Waals surface area (Å²) in [7, 11) is -4.11. The number of hydrogen-bond acceptors (Lipinski definition) is 6. The molecule has 0 aliphatic heterocycles. The summed E-state index contributed by atoms with van der Waals surface area (Å²) in [6, 6.07) is 5.69. The first kappa shape index (κ1) is 21.6. The van der Waals surface area contributed by atoms with Gasteiger partial charge in [0.1, 0.15) is 4.90 Å². The van der Waals surface area contributed by atoms with Gasteiger partial charge in [-0.25, -0.2) is 25.2 Å². The van der Waals surface area contributed by atoms with Crippen molar-refractivity contribution in [2.75, 3.05) is 5.84 Å². The number of halogens is 1. The number of primary sulfonamides is 1. The van der Waals surface area contributed by atoms with E-state index in [1.807, 2.05) is 13.8 Å². The molecular formula is C15H20ClN5O4S. The van der Waals surface area contributed by atoms with Crippen LogP contribution in [-0.2, 0) is 10.0 Å². The van der Waals surface area contributed by atoms with Crippen molar-refractivity contribution in [3.63, 3.8) is 0 Å². The van der Waals surface area contributed by atoms with E-state index >= 15 is 0 Å². The second kappa shape index (κ2) is 8.32. The number of nitrogen functional groups attached to an aromatic ring is 2. The number of sulfonamides is 1. The summed E-state index contributed by atoms with van der Waals surface area (Å²) in [6.45, 7) is 6.07. The number of hydrogen-bond donors (Lipinski definition) is 4.